The van der Waals surface area contributed by atoms with E-state index in [2.05, 4.69) is 10.2 Å². The molecule has 1 amide bonds. The molecule has 3 aromatic rings. The number of amides is 1. The molecule has 4 rings (SSSR count). The van der Waals surface area contributed by atoms with Gasteiger partial charge in [-0.25, -0.2) is 14.4 Å². The van der Waals surface area contributed by atoms with Gasteiger partial charge in [-0.2, -0.15) is 0 Å². The fraction of sp³-hybridized carbons (Fsp3) is 0.375. The number of hydrogen-bond donors (Lipinski definition) is 2. The lowest BCUT2D eigenvalue weighted by atomic mass is 9.98. The van der Waals surface area contributed by atoms with Crippen LogP contribution in [0, 0.1) is 11.7 Å². The van der Waals surface area contributed by atoms with E-state index in [4.69, 9.17) is 20.4 Å². The molecular weight excluding hydrogens is 409 g/mol. The van der Waals surface area contributed by atoms with Crippen LogP contribution < -0.4 is 16.0 Å². The molecule has 1 aliphatic heterocycles. The highest BCUT2D eigenvalue weighted by Crippen LogP contribution is 2.28. The van der Waals surface area contributed by atoms with Gasteiger partial charge in [0.15, 0.2) is 11.6 Å². The van der Waals surface area contributed by atoms with Crippen molar-refractivity contribution in [3.63, 3.8) is 0 Å². The van der Waals surface area contributed by atoms with E-state index in [1.165, 1.54) is 12.1 Å². The van der Waals surface area contributed by atoms with Crippen LogP contribution in [-0.2, 0) is 16.0 Å². The fourth-order valence-electron chi connectivity index (χ4n) is 4.08. The summed E-state index contributed by atoms with van der Waals surface area (Å²) in [6, 6.07) is 13.8. The molecule has 1 aromatic heterocycles. The summed E-state index contributed by atoms with van der Waals surface area (Å²) in [5.74, 6) is 0.119. The van der Waals surface area contributed by atoms with Gasteiger partial charge in [-0.3, -0.25) is 4.79 Å². The number of ether oxygens (including phenoxy) is 1. The summed E-state index contributed by atoms with van der Waals surface area (Å²) in [4.78, 5) is 24.0. The summed E-state index contributed by atoms with van der Waals surface area (Å²) in [7, 11) is 0. The third-order valence-corrected chi connectivity index (χ3v) is 5.58. The summed E-state index contributed by atoms with van der Waals surface area (Å²) in [6.07, 6.45) is 0.540. The van der Waals surface area contributed by atoms with Crippen molar-refractivity contribution in [1.82, 2.24) is 9.97 Å². The lowest BCUT2D eigenvalue weighted by Gasteiger charge is -2.36. The molecule has 2 aromatic carbocycles. The highest BCUT2D eigenvalue weighted by molar-refractivity contribution is 5.81. The monoisotopic (exact) mass is 437 g/mol. The minimum absolute atomic E-state index is 0.0664. The van der Waals surface area contributed by atoms with Gasteiger partial charge in [-0.1, -0.05) is 24.3 Å². The largest absolute Gasteiger partial charge is 0.372 e. The van der Waals surface area contributed by atoms with E-state index in [0.29, 0.717) is 31.9 Å². The first kappa shape index (κ1) is 22.0. The molecular formula is C24H28FN5O2. The number of fused-ring (bicyclic) bond motifs is 1. The smallest absolute Gasteiger partial charge is 0.222 e. The van der Waals surface area contributed by atoms with Crippen molar-refractivity contribution >= 4 is 28.6 Å². The van der Waals surface area contributed by atoms with Crippen LogP contribution in [0.4, 0.5) is 16.0 Å². The topological polar surface area (TPSA) is 93.4 Å². The van der Waals surface area contributed by atoms with Crippen molar-refractivity contribution in [3.8, 4) is 0 Å². The van der Waals surface area contributed by atoms with Crippen molar-refractivity contribution in [1.29, 1.82) is 0 Å². The maximum absolute atomic E-state index is 13.2. The number of rotatable bonds is 7. The van der Waals surface area contributed by atoms with E-state index in [1.54, 1.807) is 12.1 Å². The minimum atomic E-state index is -0.482. The number of primary amides is 1. The highest BCUT2D eigenvalue weighted by Gasteiger charge is 2.26. The Morgan fingerprint density at radius 2 is 1.75 bits per heavy atom. The molecule has 8 heteroatoms. The molecule has 0 aliphatic carbocycles. The Kier molecular flexibility index (Phi) is 6.50. The Morgan fingerprint density at radius 3 is 2.38 bits per heavy atom. The number of carbonyl (C=O) groups excluding carboxylic acids is 1. The van der Waals surface area contributed by atoms with Gasteiger partial charge in [-0.15, -0.1) is 0 Å². The fourth-order valence-corrected chi connectivity index (χ4v) is 4.08. The van der Waals surface area contributed by atoms with Crippen LogP contribution in [0.3, 0.4) is 0 Å². The van der Waals surface area contributed by atoms with Gasteiger partial charge in [0.05, 0.1) is 29.2 Å². The van der Waals surface area contributed by atoms with Crippen LogP contribution in [0.2, 0.25) is 0 Å². The van der Waals surface area contributed by atoms with E-state index in [-0.39, 0.29) is 18.0 Å². The van der Waals surface area contributed by atoms with Crippen molar-refractivity contribution in [2.45, 2.75) is 32.5 Å². The molecule has 1 aliphatic rings. The molecule has 1 fully saturated rings. The number of anilines is 2. The van der Waals surface area contributed by atoms with E-state index in [0.717, 1.165) is 22.4 Å². The summed E-state index contributed by atoms with van der Waals surface area (Å²) >= 11 is 0. The molecule has 32 heavy (non-hydrogen) atoms. The maximum Gasteiger partial charge on any atom is 0.222 e. The van der Waals surface area contributed by atoms with Crippen LogP contribution in [-0.4, -0.2) is 47.7 Å². The maximum atomic E-state index is 13.2. The van der Waals surface area contributed by atoms with Crippen molar-refractivity contribution in [2.24, 2.45) is 11.7 Å². The van der Waals surface area contributed by atoms with Crippen LogP contribution in [0.15, 0.2) is 48.5 Å². The van der Waals surface area contributed by atoms with Gasteiger partial charge < -0.3 is 20.7 Å². The summed E-state index contributed by atoms with van der Waals surface area (Å²) in [5, 5.41) is 3.31. The third kappa shape index (κ3) is 5.13. The van der Waals surface area contributed by atoms with Gasteiger partial charge in [0.25, 0.3) is 0 Å². The Labute approximate surface area is 186 Å². The van der Waals surface area contributed by atoms with Gasteiger partial charge >= 0.3 is 0 Å². The van der Waals surface area contributed by atoms with Gasteiger partial charge in [-0.05, 0) is 50.1 Å². The number of halogens is 1. The first-order valence-corrected chi connectivity index (χ1v) is 10.8. The zero-order valence-corrected chi connectivity index (χ0v) is 18.3. The molecule has 3 unspecified atom stereocenters. The lowest BCUT2D eigenvalue weighted by Crippen LogP contribution is -2.46. The molecule has 0 spiro atoms. The third-order valence-electron chi connectivity index (χ3n) is 5.58. The molecule has 0 saturated carbocycles. The second-order valence-corrected chi connectivity index (χ2v) is 8.36. The van der Waals surface area contributed by atoms with Crippen LogP contribution in [0.25, 0.3) is 11.0 Å². The van der Waals surface area contributed by atoms with Gasteiger partial charge in [0.2, 0.25) is 5.91 Å². The first-order chi connectivity index (χ1) is 15.4. The van der Waals surface area contributed by atoms with Crippen LogP contribution in [0.5, 0.6) is 0 Å². The summed E-state index contributed by atoms with van der Waals surface area (Å²) < 4.78 is 19.1. The Bertz CT molecular complexity index is 1080. The molecule has 168 valence electrons. The van der Waals surface area contributed by atoms with E-state index >= 15 is 0 Å². The number of nitrogens with one attached hydrogen (secondary N) is 1. The van der Waals surface area contributed by atoms with Crippen molar-refractivity contribution in [2.75, 3.05) is 29.9 Å². The highest BCUT2D eigenvalue weighted by atomic mass is 19.1. The molecule has 0 bridgehead atoms. The van der Waals surface area contributed by atoms with E-state index in [1.807, 2.05) is 38.1 Å². The molecule has 0 radical (unpaired) electrons. The van der Waals surface area contributed by atoms with E-state index in [9.17, 15) is 9.18 Å². The Hall–Kier alpha value is -3.26. The standard InChI is InChI=1S/C24H28FN5O2/c1-15-13-30(14-16(2)32-15)24-23(28-20-5-3-4-6-21(20)29-24)27-12-18(22(26)31)11-17-7-9-19(25)10-8-17/h3-10,15-16,18H,11-14H2,1-2H3,(H2,26,31)(H,27,28). The number of nitrogens with zero attached hydrogens (tertiary/aromatic N) is 3. The number of hydrogen-bond acceptors (Lipinski definition) is 6. The normalized spacial score (nSPS) is 19.7. The van der Waals surface area contributed by atoms with E-state index < -0.39 is 11.8 Å². The quantitative estimate of drug-likeness (QED) is 0.590. The Balaban J connectivity index is 1.60. The van der Waals surface area contributed by atoms with Crippen molar-refractivity contribution < 1.29 is 13.9 Å². The van der Waals surface area contributed by atoms with Gasteiger partial charge in [0.1, 0.15) is 5.82 Å². The summed E-state index contributed by atoms with van der Waals surface area (Å²) in [5.41, 5.74) is 8.08. The Morgan fingerprint density at radius 1 is 1.12 bits per heavy atom. The molecule has 3 N–H and O–H groups in total. The first-order valence-electron chi connectivity index (χ1n) is 10.8. The molecule has 2 heterocycles. The minimum Gasteiger partial charge on any atom is -0.372 e. The molecule has 3 atom stereocenters. The number of benzene rings is 2. The number of carbonyl (C=O) groups is 1. The number of aromatic nitrogens is 2. The second kappa shape index (κ2) is 9.48. The predicted molar refractivity (Wildman–Crippen MR) is 123 cm³/mol. The number of nitrogens with two attached hydrogens (primary N) is 1. The molecule has 7 nitrogen and oxygen atoms in total. The average Bonchev–Trinajstić information content (AvgIpc) is 2.76. The number of morpholine rings is 1. The molecule has 1 saturated heterocycles. The van der Waals surface area contributed by atoms with Crippen LogP contribution in [0.1, 0.15) is 19.4 Å². The zero-order chi connectivity index (χ0) is 22.7. The number of para-hydroxylation sites is 2. The van der Waals surface area contributed by atoms with Gasteiger partial charge in [0, 0.05) is 19.6 Å². The van der Waals surface area contributed by atoms with Crippen molar-refractivity contribution in [3.05, 3.63) is 59.9 Å². The zero-order valence-electron chi connectivity index (χ0n) is 18.3. The average molecular weight is 438 g/mol. The summed E-state index contributed by atoms with van der Waals surface area (Å²) in [6.45, 7) is 5.76. The SMILES string of the molecule is CC1CN(c2nc3ccccc3nc2NCC(Cc2ccc(F)cc2)C(N)=O)CC(C)O1. The predicted octanol–water partition coefficient (Wildman–Crippen LogP) is 3.14. The second-order valence-electron chi connectivity index (χ2n) is 8.36. The lowest BCUT2D eigenvalue weighted by molar-refractivity contribution is -0.121. The van der Waals surface area contributed by atoms with Crippen LogP contribution >= 0.6 is 0 Å².